The zero-order valence-corrected chi connectivity index (χ0v) is 21.0. The van der Waals surface area contributed by atoms with Crippen molar-refractivity contribution in [3.05, 3.63) is 76.1 Å². The second kappa shape index (κ2) is 12.5. The summed E-state index contributed by atoms with van der Waals surface area (Å²) in [6.45, 7) is 1.20. The van der Waals surface area contributed by atoms with E-state index in [1.807, 2.05) is 5.32 Å². The Labute approximate surface area is 226 Å². The minimum atomic E-state index is -5.47. The third kappa shape index (κ3) is 9.81. The molecule has 1 unspecified atom stereocenters. The van der Waals surface area contributed by atoms with Gasteiger partial charge in [0.05, 0.1) is 22.4 Å². The van der Waals surface area contributed by atoms with Gasteiger partial charge in [-0.25, -0.2) is 8.78 Å². The number of hydrogen-bond acceptors (Lipinski definition) is 2. The minimum absolute atomic E-state index is 0.0109. The smallest absolute Gasteiger partial charge is 0.349 e. The lowest BCUT2D eigenvalue weighted by molar-refractivity contribution is -0.143. The Kier molecular flexibility index (Phi) is 10.4. The van der Waals surface area contributed by atoms with Crippen LogP contribution in [0.3, 0.4) is 0 Å². The molecule has 2 aromatic carbocycles. The van der Waals surface area contributed by atoms with Gasteiger partial charge in [0.25, 0.3) is 5.91 Å². The van der Waals surface area contributed by atoms with Gasteiger partial charge in [-0.15, -0.1) is 0 Å². The molecule has 1 amide bonds. The predicted molar refractivity (Wildman–Crippen MR) is 121 cm³/mol. The summed E-state index contributed by atoms with van der Waals surface area (Å²) >= 11 is 0.336. The number of allylic oxidation sites excluding steroid dienone is 1. The largest absolute Gasteiger partial charge is 0.419 e. The first-order valence-corrected chi connectivity index (χ1v) is 12.1. The van der Waals surface area contributed by atoms with Crippen molar-refractivity contribution in [1.29, 1.82) is 0 Å². The summed E-state index contributed by atoms with van der Waals surface area (Å²) in [5.74, 6) is -10.1. The van der Waals surface area contributed by atoms with Crippen LogP contribution in [0.4, 0.5) is 61.5 Å². The van der Waals surface area contributed by atoms with Crippen LogP contribution in [0.2, 0.25) is 0 Å². The maximum absolute atomic E-state index is 14.9. The topological polar surface area (TPSA) is 29.1 Å². The first kappa shape index (κ1) is 34.2. The van der Waals surface area contributed by atoms with Gasteiger partial charge in [0.2, 0.25) is 0 Å². The first-order chi connectivity index (χ1) is 18.5. The van der Waals surface area contributed by atoms with Crippen LogP contribution < -0.4 is 5.32 Å². The first-order valence-electron chi connectivity index (χ1n) is 11.0. The molecule has 1 N–H and O–H groups in total. The third-order valence-corrected chi connectivity index (χ3v) is 6.44. The summed E-state index contributed by atoms with van der Waals surface area (Å²) in [5, 5.41) is 2.03. The van der Waals surface area contributed by atoms with Crippen LogP contribution in [0.1, 0.15) is 45.5 Å². The zero-order chi connectivity index (χ0) is 31.6. The minimum Gasteiger partial charge on any atom is -0.349 e. The average Bonchev–Trinajstić information content (AvgIpc) is 2.79. The van der Waals surface area contributed by atoms with E-state index in [2.05, 4.69) is 0 Å². The van der Waals surface area contributed by atoms with E-state index in [1.54, 1.807) is 0 Å². The van der Waals surface area contributed by atoms with Crippen molar-refractivity contribution >= 4 is 23.5 Å². The van der Waals surface area contributed by atoms with Gasteiger partial charge >= 0.3 is 24.7 Å². The van der Waals surface area contributed by atoms with Crippen LogP contribution in [0.25, 0.3) is 5.83 Å². The fourth-order valence-electron chi connectivity index (χ4n) is 3.40. The number of alkyl halides is 12. The number of hydrogen-bond donors (Lipinski definition) is 1. The van der Waals surface area contributed by atoms with Gasteiger partial charge in [-0.05, 0) is 42.8 Å². The van der Waals surface area contributed by atoms with Crippen molar-refractivity contribution in [2.75, 3.05) is 11.5 Å². The Balaban J connectivity index is 2.45. The molecule has 2 aromatic rings. The zero-order valence-electron chi connectivity index (χ0n) is 20.2. The van der Waals surface area contributed by atoms with Crippen molar-refractivity contribution < 1.29 is 66.3 Å². The lowest BCUT2D eigenvalue weighted by atomic mass is 9.94. The maximum Gasteiger partial charge on any atom is 0.419 e. The average molecular weight is 633 g/mol. The molecule has 0 spiro atoms. The fourth-order valence-corrected chi connectivity index (χ4v) is 4.18. The number of rotatable bonds is 8. The summed E-state index contributed by atoms with van der Waals surface area (Å²) in [4.78, 5) is 12.4. The van der Waals surface area contributed by atoms with Gasteiger partial charge < -0.3 is 5.32 Å². The van der Waals surface area contributed by atoms with E-state index in [1.165, 1.54) is 6.92 Å². The molecule has 0 aliphatic carbocycles. The summed E-state index contributed by atoms with van der Waals surface area (Å²) in [6, 6.07) is 0.00701. The highest BCUT2D eigenvalue weighted by Crippen LogP contribution is 2.42. The standard InChI is InChI=1S/C24H17F14NOS/c1-11(9-41-10-21(27,28)29)39-20(40)14-4-2-13(7-16(14)23(33,34)35)19(26)8-15(22(30,31)32)12-3-5-18(25)17(6-12)24(36,37)38/h2-8,11,15H,9-10H2,1H3,(H,39,40)/b19-8-/t11-,15?/m1/s1. The highest BCUT2D eigenvalue weighted by atomic mass is 32.2. The highest BCUT2D eigenvalue weighted by Gasteiger charge is 2.42. The maximum atomic E-state index is 14.9. The van der Waals surface area contributed by atoms with Crippen LogP contribution in [0.5, 0.6) is 0 Å². The van der Waals surface area contributed by atoms with Gasteiger partial charge in [0, 0.05) is 17.4 Å². The molecule has 0 saturated carbocycles. The number of thioether (sulfide) groups is 1. The molecule has 2 rings (SSSR count). The lowest BCUT2D eigenvalue weighted by Crippen LogP contribution is -2.35. The van der Waals surface area contributed by atoms with E-state index in [9.17, 15) is 66.3 Å². The van der Waals surface area contributed by atoms with Crippen molar-refractivity contribution in [3.63, 3.8) is 0 Å². The summed E-state index contributed by atoms with van der Waals surface area (Å²) in [5.41, 5.74) is -7.40. The Bertz CT molecular complexity index is 1260. The van der Waals surface area contributed by atoms with Crippen LogP contribution in [-0.4, -0.2) is 35.8 Å². The third-order valence-electron chi connectivity index (χ3n) is 5.18. The van der Waals surface area contributed by atoms with Crippen molar-refractivity contribution in [1.82, 2.24) is 5.32 Å². The summed E-state index contributed by atoms with van der Waals surface area (Å²) < 4.78 is 186. The Hall–Kier alpha value is -2.98. The van der Waals surface area contributed by atoms with Gasteiger partial charge in [-0.3, -0.25) is 4.79 Å². The van der Waals surface area contributed by atoms with Crippen LogP contribution >= 0.6 is 11.8 Å². The summed E-state index contributed by atoms with van der Waals surface area (Å²) in [6.07, 6.45) is -21.1. The number of benzene rings is 2. The van der Waals surface area contributed by atoms with Gasteiger partial charge in [0.15, 0.2) is 0 Å². The molecule has 2 nitrogen and oxygen atoms in total. The van der Waals surface area contributed by atoms with Crippen LogP contribution in [0, 0.1) is 5.82 Å². The normalized spacial score (nSPS) is 15.0. The Morgan fingerprint density at radius 1 is 0.878 bits per heavy atom. The molecule has 0 bridgehead atoms. The number of carbonyl (C=O) groups excluding carboxylic acids is 1. The molecule has 0 aliphatic heterocycles. The van der Waals surface area contributed by atoms with Gasteiger partial charge in [-0.2, -0.15) is 64.4 Å². The molecule has 0 aliphatic rings. The molecule has 2 atom stereocenters. The molecular weight excluding hydrogens is 616 g/mol. The summed E-state index contributed by atoms with van der Waals surface area (Å²) in [7, 11) is 0. The van der Waals surface area contributed by atoms with Crippen molar-refractivity contribution in [2.24, 2.45) is 0 Å². The molecule has 0 heterocycles. The molecule has 41 heavy (non-hydrogen) atoms. The van der Waals surface area contributed by atoms with Gasteiger partial charge in [0.1, 0.15) is 17.6 Å². The van der Waals surface area contributed by atoms with Gasteiger partial charge in [-0.1, -0.05) is 12.1 Å². The monoisotopic (exact) mass is 633 g/mol. The number of carbonyl (C=O) groups is 1. The molecule has 0 radical (unpaired) electrons. The highest BCUT2D eigenvalue weighted by molar-refractivity contribution is 7.99. The number of amides is 1. The Morgan fingerprint density at radius 2 is 1.46 bits per heavy atom. The van der Waals surface area contributed by atoms with E-state index >= 15 is 0 Å². The van der Waals surface area contributed by atoms with Crippen LogP contribution in [0.15, 0.2) is 42.5 Å². The Morgan fingerprint density at radius 3 is 1.98 bits per heavy atom. The number of halogens is 14. The second-order valence-electron chi connectivity index (χ2n) is 8.53. The fraction of sp³-hybridized carbons (Fsp3) is 0.375. The van der Waals surface area contributed by atoms with E-state index < -0.39 is 87.8 Å². The lowest BCUT2D eigenvalue weighted by Gasteiger charge is -2.20. The molecule has 0 fully saturated rings. The SMILES string of the molecule is C[C@H](CSCC(F)(F)F)NC(=O)c1ccc(/C(F)=C/C(c2ccc(F)c(C(F)(F)F)c2)C(F)(F)F)cc1C(F)(F)F. The van der Waals surface area contributed by atoms with E-state index in [4.69, 9.17) is 0 Å². The predicted octanol–water partition coefficient (Wildman–Crippen LogP) is 8.93. The van der Waals surface area contributed by atoms with Crippen molar-refractivity contribution in [3.8, 4) is 0 Å². The second-order valence-corrected chi connectivity index (χ2v) is 9.56. The van der Waals surface area contributed by atoms with Crippen LogP contribution in [-0.2, 0) is 12.4 Å². The molecule has 17 heteroatoms. The number of nitrogens with one attached hydrogen (secondary N) is 1. The molecule has 228 valence electrons. The van der Waals surface area contributed by atoms with E-state index in [0.29, 0.717) is 30.0 Å². The van der Waals surface area contributed by atoms with Crippen molar-refractivity contribution in [2.45, 2.75) is 43.6 Å². The molecular formula is C24H17F14NOS. The van der Waals surface area contributed by atoms with E-state index in [0.717, 1.165) is 0 Å². The molecule has 0 aromatic heterocycles. The molecule has 0 saturated heterocycles. The van der Waals surface area contributed by atoms with E-state index in [-0.39, 0.29) is 30.0 Å². The quantitative estimate of drug-likeness (QED) is 0.294.